The molecule has 1 amide bonds. The molecule has 1 aliphatic heterocycles. The van der Waals surface area contributed by atoms with Crippen LogP contribution in [0.4, 0.5) is 5.69 Å². The molecule has 0 saturated carbocycles. The van der Waals surface area contributed by atoms with E-state index in [0.717, 1.165) is 42.8 Å². The van der Waals surface area contributed by atoms with E-state index in [1.807, 2.05) is 23.1 Å². The molecule has 0 bridgehead atoms. The second-order valence-corrected chi connectivity index (χ2v) is 7.20. The molecule has 5 heteroatoms. The molecule has 1 N–H and O–H groups in total. The zero-order chi connectivity index (χ0) is 19.0. The quantitative estimate of drug-likeness (QED) is 0.771. The number of aromatic nitrogens is 1. The minimum atomic E-state index is 0.0811. The number of aryl methyl sites for hydroxylation is 2. The number of amides is 1. The average molecular weight is 363 g/mol. The van der Waals surface area contributed by atoms with E-state index in [0.29, 0.717) is 5.69 Å². The van der Waals surface area contributed by atoms with E-state index in [4.69, 9.17) is 4.74 Å². The molecule has 1 aromatic heterocycles. The summed E-state index contributed by atoms with van der Waals surface area (Å²) in [6.45, 7) is 7.27. The summed E-state index contributed by atoms with van der Waals surface area (Å²) in [4.78, 5) is 20.5. The van der Waals surface area contributed by atoms with Gasteiger partial charge >= 0.3 is 0 Å². The van der Waals surface area contributed by atoms with Gasteiger partial charge in [-0.3, -0.25) is 4.79 Å². The van der Waals surface area contributed by atoms with Crippen molar-refractivity contribution in [1.82, 2.24) is 9.88 Å². The van der Waals surface area contributed by atoms with Gasteiger partial charge < -0.3 is 19.5 Å². The molecule has 27 heavy (non-hydrogen) atoms. The van der Waals surface area contributed by atoms with Gasteiger partial charge in [0.25, 0.3) is 5.91 Å². The van der Waals surface area contributed by atoms with Gasteiger partial charge in [0.1, 0.15) is 11.4 Å². The number of methoxy groups -OCH3 is 1. The summed E-state index contributed by atoms with van der Waals surface area (Å²) in [5.74, 6) is 0.939. The Labute approximate surface area is 159 Å². The molecule has 2 heterocycles. The maximum absolute atomic E-state index is 13.0. The number of carbonyl (C=O) groups excluding carboxylic acids is 1. The fourth-order valence-electron chi connectivity index (χ4n) is 3.85. The predicted octanol–water partition coefficient (Wildman–Crippen LogP) is 3.76. The standard InChI is InChI=1S/C22H25N3O2/c1-15-12-16(2)19-14-21(23-20(19)13-15)22(26)25-10-8-24(9-11-25)17-4-6-18(27-3)7-5-17/h4-7,12-14,23H,8-11H2,1-3H3. The minimum absolute atomic E-state index is 0.0811. The number of hydrogen-bond acceptors (Lipinski definition) is 3. The van der Waals surface area contributed by atoms with Crippen molar-refractivity contribution >= 4 is 22.5 Å². The third-order valence-corrected chi connectivity index (χ3v) is 5.32. The van der Waals surface area contributed by atoms with E-state index in [1.165, 1.54) is 16.8 Å². The second kappa shape index (κ2) is 6.99. The molecule has 1 fully saturated rings. The number of aromatic amines is 1. The monoisotopic (exact) mass is 363 g/mol. The number of nitrogens with one attached hydrogen (secondary N) is 1. The Morgan fingerprint density at radius 1 is 1.00 bits per heavy atom. The smallest absolute Gasteiger partial charge is 0.270 e. The van der Waals surface area contributed by atoms with Gasteiger partial charge in [-0.2, -0.15) is 0 Å². The van der Waals surface area contributed by atoms with Gasteiger partial charge in [-0.25, -0.2) is 0 Å². The van der Waals surface area contributed by atoms with Crippen LogP contribution in [-0.2, 0) is 0 Å². The van der Waals surface area contributed by atoms with Crippen LogP contribution in [-0.4, -0.2) is 49.1 Å². The number of ether oxygens (including phenoxy) is 1. The van der Waals surface area contributed by atoms with E-state index in [2.05, 4.69) is 48.0 Å². The summed E-state index contributed by atoms with van der Waals surface area (Å²) in [6, 6.07) is 14.3. The van der Waals surface area contributed by atoms with Gasteiger partial charge in [0.15, 0.2) is 0 Å². The lowest BCUT2D eigenvalue weighted by molar-refractivity contribution is 0.0742. The van der Waals surface area contributed by atoms with Crippen LogP contribution < -0.4 is 9.64 Å². The summed E-state index contributed by atoms with van der Waals surface area (Å²) >= 11 is 0. The van der Waals surface area contributed by atoms with Crippen LogP contribution >= 0.6 is 0 Å². The van der Waals surface area contributed by atoms with Crippen LogP contribution in [0.5, 0.6) is 5.75 Å². The number of benzene rings is 2. The van der Waals surface area contributed by atoms with Gasteiger partial charge in [0.2, 0.25) is 0 Å². The fraction of sp³-hybridized carbons (Fsp3) is 0.318. The molecular formula is C22H25N3O2. The van der Waals surface area contributed by atoms with Crippen molar-refractivity contribution in [3.05, 3.63) is 59.3 Å². The van der Waals surface area contributed by atoms with Gasteiger partial charge in [-0.15, -0.1) is 0 Å². The Morgan fingerprint density at radius 2 is 1.70 bits per heavy atom. The first-order valence-corrected chi connectivity index (χ1v) is 9.33. The lowest BCUT2D eigenvalue weighted by Gasteiger charge is -2.36. The topological polar surface area (TPSA) is 48.6 Å². The molecule has 3 aromatic rings. The second-order valence-electron chi connectivity index (χ2n) is 7.20. The first kappa shape index (κ1) is 17.5. The van der Waals surface area contributed by atoms with E-state index in [1.54, 1.807) is 7.11 Å². The van der Waals surface area contributed by atoms with Crippen molar-refractivity contribution in [2.24, 2.45) is 0 Å². The SMILES string of the molecule is COc1ccc(N2CCN(C(=O)c3cc4c(C)cc(C)cc4[nH]3)CC2)cc1. The highest BCUT2D eigenvalue weighted by Gasteiger charge is 2.23. The highest BCUT2D eigenvalue weighted by Crippen LogP contribution is 2.24. The van der Waals surface area contributed by atoms with Crippen LogP contribution in [0.3, 0.4) is 0 Å². The van der Waals surface area contributed by atoms with E-state index in [9.17, 15) is 4.79 Å². The predicted molar refractivity (Wildman–Crippen MR) is 109 cm³/mol. The van der Waals surface area contributed by atoms with Gasteiger partial charge in [0, 0.05) is 42.8 Å². The molecule has 0 radical (unpaired) electrons. The van der Waals surface area contributed by atoms with Crippen molar-refractivity contribution in [1.29, 1.82) is 0 Å². The molecule has 0 atom stereocenters. The molecule has 140 valence electrons. The Balaban J connectivity index is 1.46. The molecule has 1 aliphatic rings. The summed E-state index contributed by atoms with van der Waals surface area (Å²) in [5.41, 5.74) is 5.28. The summed E-state index contributed by atoms with van der Waals surface area (Å²) < 4.78 is 5.22. The van der Waals surface area contributed by atoms with E-state index >= 15 is 0 Å². The van der Waals surface area contributed by atoms with Crippen molar-refractivity contribution in [2.75, 3.05) is 38.2 Å². The number of piperazine rings is 1. The average Bonchev–Trinajstić information content (AvgIpc) is 3.12. The third kappa shape index (κ3) is 3.37. The van der Waals surface area contributed by atoms with Crippen LogP contribution in [0.15, 0.2) is 42.5 Å². The summed E-state index contributed by atoms with van der Waals surface area (Å²) in [7, 11) is 1.67. The van der Waals surface area contributed by atoms with Crippen molar-refractivity contribution < 1.29 is 9.53 Å². The Bertz CT molecular complexity index is 967. The number of nitrogens with zero attached hydrogens (tertiary/aromatic N) is 2. The number of H-pyrrole nitrogens is 1. The number of carbonyl (C=O) groups is 1. The molecule has 0 spiro atoms. The van der Waals surface area contributed by atoms with Crippen LogP contribution in [0, 0.1) is 13.8 Å². The highest BCUT2D eigenvalue weighted by atomic mass is 16.5. The van der Waals surface area contributed by atoms with Crippen LogP contribution in [0.2, 0.25) is 0 Å². The normalized spacial score (nSPS) is 14.6. The van der Waals surface area contributed by atoms with E-state index in [-0.39, 0.29) is 5.91 Å². The Morgan fingerprint density at radius 3 is 2.37 bits per heavy atom. The molecule has 0 aliphatic carbocycles. The molecule has 1 saturated heterocycles. The number of anilines is 1. The van der Waals surface area contributed by atoms with Gasteiger partial charge in [-0.1, -0.05) is 6.07 Å². The van der Waals surface area contributed by atoms with E-state index < -0.39 is 0 Å². The van der Waals surface area contributed by atoms with Crippen molar-refractivity contribution in [3.8, 4) is 5.75 Å². The first-order valence-electron chi connectivity index (χ1n) is 9.33. The summed E-state index contributed by atoms with van der Waals surface area (Å²) in [5, 5.41) is 1.13. The fourth-order valence-corrected chi connectivity index (χ4v) is 3.85. The highest BCUT2D eigenvalue weighted by molar-refractivity contribution is 5.99. The molecule has 2 aromatic carbocycles. The number of rotatable bonds is 3. The van der Waals surface area contributed by atoms with Gasteiger partial charge in [-0.05, 0) is 61.4 Å². The lowest BCUT2D eigenvalue weighted by Crippen LogP contribution is -2.48. The zero-order valence-electron chi connectivity index (χ0n) is 16.1. The molecule has 4 rings (SSSR count). The Hall–Kier alpha value is -2.95. The molecule has 0 unspecified atom stereocenters. The van der Waals surface area contributed by atoms with Gasteiger partial charge in [0.05, 0.1) is 7.11 Å². The number of hydrogen-bond donors (Lipinski definition) is 1. The zero-order valence-corrected chi connectivity index (χ0v) is 16.1. The largest absolute Gasteiger partial charge is 0.497 e. The minimum Gasteiger partial charge on any atom is -0.497 e. The van der Waals surface area contributed by atoms with Crippen LogP contribution in [0.1, 0.15) is 21.6 Å². The maximum atomic E-state index is 13.0. The lowest BCUT2D eigenvalue weighted by atomic mass is 10.1. The first-order chi connectivity index (χ1) is 13.0. The third-order valence-electron chi connectivity index (χ3n) is 5.32. The number of fused-ring (bicyclic) bond motifs is 1. The van der Waals surface area contributed by atoms with Crippen LogP contribution in [0.25, 0.3) is 10.9 Å². The Kier molecular flexibility index (Phi) is 4.52. The van der Waals surface area contributed by atoms with Crippen molar-refractivity contribution in [3.63, 3.8) is 0 Å². The molecule has 5 nitrogen and oxygen atoms in total. The maximum Gasteiger partial charge on any atom is 0.270 e. The summed E-state index contributed by atoms with van der Waals surface area (Å²) in [6.07, 6.45) is 0. The molecular weight excluding hydrogens is 338 g/mol. The van der Waals surface area contributed by atoms with Crippen molar-refractivity contribution in [2.45, 2.75) is 13.8 Å².